The van der Waals surface area contributed by atoms with Gasteiger partial charge in [0.25, 0.3) is 6.43 Å². The van der Waals surface area contributed by atoms with Crippen molar-refractivity contribution in [1.29, 1.82) is 0 Å². The summed E-state index contributed by atoms with van der Waals surface area (Å²) in [6.07, 6.45) is -2.38. The number of esters is 1. The second kappa shape index (κ2) is 5.13. The fourth-order valence-electron chi connectivity index (χ4n) is 1.14. The number of nitro groups is 1. The molecule has 92 valence electrons. The van der Waals surface area contributed by atoms with Crippen LogP contribution in [0.5, 0.6) is 0 Å². The summed E-state index contributed by atoms with van der Waals surface area (Å²) < 4.78 is 29.2. The Labute approximate surface area is 102 Å². The molecule has 0 aliphatic carbocycles. The smallest absolute Gasteiger partial charge is 0.345 e. The molecule has 9 heteroatoms. The molecule has 1 aromatic rings. The van der Waals surface area contributed by atoms with Gasteiger partial charge in [-0.15, -0.1) is 0 Å². The van der Waals surface area contributed by atoms with Gasteiger partial charge in [-0.2, -0.15) is 0 Å². The number of aromatic nitrogens is 1. The second-order valence-electron chi connectivity index (χ2n) is 2.78. The van der Waals surface area contributed by atoms with Crippen LogP contribution in [0.1, 0.15) is 22.3 Å². The summed E-state index contributed by atoms with van der Waals surface area (Å²) in [5, 5.41) is 10.7. The molecule has 1 aromatic heterocycles. The quantitative estimate of drug-likeness (QED) is 0.371. The minimum Gasteiger partial charge on any atom is -0.465 e. The van der Waals surface area contributed by atoms with Crippen molar-refractivity contribution >= 4 is 27.6 Å². The van der Waals surface area contributed by atoms with Gasteiger partial charge in [-0.25, -0.2) is 18.6 Å². The summed E-state index contributed by atoms with van der Waals surface area (Å²) >= 11 is 2.72. The maximum absolute atomic E-state index is 12.6. The summed E-state index contributed by atoms with van der Waals surface area (Å²) in [6.45, 7) is 0. The van der Waals surface area contributed by atoms with E-state index in [9.17, 15) is 23.7 Å². The van der Waals surface area contributed by atoms with Crippen molar-refractivity contribution in [2.45, 2.75) is 6.43 Å². The number of nitrogens with zero attached hydrogens (tertiary/aromatic N) is 2. The molecule has 0 fully saturated rings. The Bertz CT molecular complexity index is 481. The molecule has 0 N–H and O–H groups in total. The molecule has 0 spiro atoms. The number of hydrogen-bond donors (Lipinski definition) is 0. The molecule has 1 rings (SSSR count). The third-order valence-electron chi connectivity index (χ3n) is 1.85. The monoisotopic (exact) mass is 310 g/mol. The van der Waals surface area contributed by atoms with E-state index in [4.69, 9.17) is 0 Å². The van der Waals surface area contributed by atoms with Gasteiger partial charge in [0.05, 0.1) is 17.6 Å². The summed E-state index contributed by atoms with van der Waals surface area (Å²) in [7, 11) is 0.940. The van der Waals surface area contributed by atoms with Crippen LogP contribution >= 0.6 is 15.9 Å². The first-order chi connectivity index (χ1) is 7.90. The van der Waals surface area contributed by atoms with Gasteiger partial charge in [0.15, 0.2) is 10.2 Å². The van der Waals surface area contributed by atoms with Gasteiger partial charge < -0.3 is 4.74 Å². The normalized spacial score (nSPS) is 10.4. The lowest BCUT2D eigenvalue weighted by molar-refractivity contribution is -0.386. The summed E-state index contributed by atoms with van der Waals surface area (Å²) in [5.41, 5.74) is -2.48. The Hall–Kier alpha value is -1.64. The van der Waals surface area contributed by atoms with Crippen molar-refractivity contribution in [2.24, 2.45) is 0 Å². The molecule has 0 saturated heterocycles. The highest BCUT2D eigenvalue weighted by molar-refractivity contribution is 9.10. The fourth-order valence-corrected chi connectivity index (χ4v) is 1.59. The Morgan fingerprint density at radius 2 is 2.24 bits per heavy atom. The zero-order chi connectivity index (χ0) is 13.2. The van der Waals surface area contributed by atoms with Crippen LogP contribution in [0.3, 0.4) is 0 Å². The predicted molar refractivity (Wildman–Crippen MR) is 54.9 cm³/mol. The van der Waals surface area contributed by atoms with Gasteiger partial charge in [0.1, 0.15) is 0 Å². The molecule has 0 radical (unpaired) electrons. The third-order valence-corrected chi connectivity index (χ3v) is 2.43. The van der Waals surface area contributed by atoms with Gasteiger partial charge in [0.2, 0.25) is 0 Å². The molecule has 6 nitrogen and oxygen atoms in total. The number of ether oxygens (including phenoxy) is 1. The average molecular weight is 311 g/mol. The molecule has 1 heterocycles. The van der Waals surface area contributed by atoms with Crippen molar-refractivity contribution in [3.63, 3.8) is 0 Å². The van der Waals surface area contributed by atoms with Crippen molar-refractivity contribution in [2.75, 3.05) is 7.11 Å². The van der Waals surface area contributed by atoms with Crippen molar-refractivity contribution < 1.29 is 23.2 Å². The first kappa shape index (κ1) is 13.4. The SMILES string of the molecule is COC(=O)c1c(C(F)F)cnc(Br)c1[N+](=O)[O-]. The molecular weight excluding hydrogens is 306 g/mol. The highest BCUT2D eigenvalue weighted by Crippen LogP contribution is 2.34. The van der Waals surface area contributed by atoms with Crippen molar-refractivity contribution in [1.82, 2.24) is 4.98 Å². The molecule has 0 amide bonds. The number of methoxy groups -OCH3 is 1. The third kappa shape index (κ3) is 2.54. The molecule has 0 aliphatic rings. The van der Waals surface area contributed by atoms with E-state index in [-0.39, 0.29) is 4.60 Å². The van der Waals surface area contributed by atoms with Crippen LogP contribution in [0.2, 0.25) is 0 Å². The van der Waals surface area contributed by atoms with Crippen LogP contribution in [0.25, 0.3) is 0 Å². The molecule has 0 bridgehead atoms. The number of carbonyl (C=O) groups is 1. The largest absolute Gasteiger partial charge is 0.465 e. The number of halogens is 3. The molecule has 0 unspecified atom stereocenters. The van der Waals surface area contributed by atoms with Crippen LogP contribution in [-0.4, -0.2) is 23.0 Å². The number of pyridine rings is 1. The fraction of sp³-hybridized carbons (Fsp3) is 0.250. The van der Waals surface area contributed by atoms with Crippen LogP contribution in [-0.2, 0) is 4.74 Å². The highest BCUT2D eigenvalue weighted by Gasteiger charge is 2.32. The van der Waals surface area contributed by atoms with E-state index in [0.717, 1.165) is 7.11 Å². The molecule has 0 aromatic carbocycles. The Morgan fingerprint density at radius 1 is 1.65 bits per heavy atom. The highest BCUT2D eigenvalue weighted by atomic mass is 79.9. The maximum atomic E-state index is 12.6. The Morgan fingerprint density at radius 3 is 2.65 bits per heavy atom. The summed E-state index contributed by atoms with van der Waals surface area (Å²) in [6, 6.07) is 0. The minimum absolute atomic E-state index is 0.313. The van der Waals surface area contributed by atoms with Gasteiger partial charge in [0, 0.05) is 6.20 Å². The summed E-state index contributed by atoms with van der Waals surface area (Å²) in [4.78, 5) is 24.4. The first-order valence-corrected chi connectivity index (χ1v) is 4.88. The number of alkyl halides is 2. The number of hydrogen-bond acceptors (Lipinski definition) is 5. The van der Waals surface area contributed by atoms with E-state index in [1.165, 1.54) is 0 Å². The average Bonchev–Trinajstić information content (AvgIpc) is 2.26. The van der Waals surface area contributed by atoms with E-state index in [2.05, 4.69) is 25.7 Å². The lowest BCUT2D eigenvalue weighted by atomic mass is 10.1. The standard InChI is InChI=1S/C8H5BrF2N2O4/c1-17-8(14)4-3(7(10)11)2-12-6(9)5(4)13(15)16/h2,7H,1H3. The number of carbonyl (C=O) groups excluding carboxylic acids is 1. The molecular formula is C8H5BrF2N2O4. The maximum Gasteiger partial charge on any atom is 0.345 e. The lowest BCUT2D eigenvalue weighted by Gasteiger charge is -2.07. The van der Waals surface area contributed by atoms with E-state index in [1.54, 1.807) is 0 Å². The Balaban J connectivity index is 3.61. The van der Waals surface area contributed by atoms with E-state index >= 15 is 0 Å². The van der Waals surface area contributed by atoms with E-state index in [0.29, 0.717) is 6.20 Å². The molecule has 0 saturated carbocycles. The van der Waals surface area contributed by atoms with Gasteiger partial charge in [-0.05, 0) is 15.9 Å². The summed E-state index contributed by atoms with van der Waals surface area (Å²) in [5.74, 6) is -1.21. The van der Waals surface area contributed by atoms with Crippen molar-refractivity contribution in [3.8, 4) is 0 Å². The molecule has 17 heavy (non-hydrogen) atoms. The topological polar surface area (TPSA) is 82.3 Å². The van der Waals surface area contributed by atoms with Crippen LogP contribution in [0.4, 0.5) is 14.5 Å². The second-order valence-corrected chi connectivity index (χ2v) is 3.53. The lowest BCUT2D eigenvalue weighted by Crippen LogP contribution is -2.11. The van der Waals surface area contributed by atoms with Crippen LogP contribution in [0.15, 0.2) is 10.8 Å². The predicted octanol–water partition coefficient (Wildman–Crippen LogP) is 2.48. The first-order valence-electron chi connectivity index (χ1n) is 4.09. The van der Waals surface area contributed by atoms with E-state index in [1.807, 2.05) is 0 Å². The zero-order valence-corrected chi connectivity index (χ0v) is 9.90. The van der Waals surface area contributed by atoms with E-state index < -0.39 is 34.1 Å². The van der Waals surface area contributed by atoms with Crippen molar-refractivity contribution in [3.05, 3.63) is 32.0 Å². The molecule has 0 atom stereocenters. The Kier molecular flexibility index (Phi) is 4.05. The molecule has 0 aliphatic heterocycles. The zero-order valence-electron chi connectivity index (χ0n) is 8.32. The van der Waals surface area contributed by atoms with Gasteiger partial charge in [-0.1, -0.05) is 0 Å². The van der Waals surface area contributed by atoms with Crippen LogP contribution in [0, 0.1) is 10.1 Å². The van der Waals surface area contributed by atoms with Crippen LogP contribution < -0.4 is 0 Å². The number of rotatable bonds is 3. The minimum atomic E-state index is -3.07. The van der Waals surface area contributed by atoms with Gasteiger partial charge >= 0.3 is 11.7 Å². The van der Waals surface area contributed by atoms with Gasteiger partial charge in [-0.3, -0.25) is 10.1 Å².